The van der Waals surface area contributed by atoms with Crippen molar-refractivity contribution in [3.63, 3.8) is 0 Å². The molecule has 0 aromatic heterocycles. The first-order valence-corrected chi connectivity index (χ1v) is 7.05. The maximum atomic E-state index is 13.6. The molecule has 1 aliphatic rings. The largest absolute Gasteiger partial charge is 0.294 e. The number of ketones is 1. The molecule has 0 spiro atoms. The van der Waals surface area contributed by atoms with Crippen molar-refractivity contribution in [2.24, 2.45) is 5.92 Å². The number of Topliss-reactive ketones (excluding diaryl/α,β-unsaturated/α-hetero) is 1. The van der Waals surface area contributed by atoms with Gasteiger partial charge in [0, 0.05) is 10.9 Å². The van der Waals surface area contributed by atoms with Gasteiger partial charge in [-0.1, -0.05) is 48.0 Å². The van der Waals surface area contributed by atoms with Gasteiger partial charge in [-0.3, -0.25) is 4.79 Å². The Balaban J connectivity index is 2.13. The molecule has 1 fully saturated rings. The molecule has 0 N–H and O–H groups in total. The lowest BCUT2D eigenvalue weighted by molar-refractivity contribution is 0.0942. The van der Waals surface area contributed by atoms with E-state index in [0.717, 1.165) is 37.8 Å². The molecule has 0 bridgehead atoms. The van der Waals surface area contributed by atoms with E-state index in [-0.39, 0.29) is 17.9 Å². The van der Waals surface area contributed by atoms with Gasteiger partial charge in [-0.05, 0) is 18.1 Å². The van der Waals surface area contributed by atoms with Gasteiger partial charge >= 0.3 is 0 Å². The van der Waals surface area contributed by atoms with Crippen molar-refractivity contribution in [3.8, 4) is 0 Å². The van der Waals surface area contributed by atoms with Gasteiger partial charge in [0.25, 0.3) is 0 Å². The second kappa shape index (κ2) is 5.91. The molecule has 0 heterocycles. The van der Waals surface area contributed by atoms with E-state index >= 15 is 0 Å². The van der Waals surface area contributed by atoms with Gasteiger partial charge in [0.2, 0.25) is 0 Å². The van der Waals surface area contributed by atoms with Crippen LogP contribution in [0.25, 0.3) is 0 Å². The molecule has 18 heavy (non-hydrogen) atoms. The van der Waals surface area contributed by atoms with E-state index in [9.17, 15) is 13.6 Å². The van der Waals surface area contributed by atoms with E-state index in [1.54, 1.807) is 0 Å². The summed E-state index contributed by atoms with van der Waals surface area (Å²) in [6, 6.07) is 2.27. The molecule has 0 radical (unpaired) electrons. The van der Waals surface area contributed by atoms with E-state index in [1.165, 1.54) is 6.42 Å². The van der Waals surface area contributed by atoms with Crippen molar-refractivity contribution in [2.45, 2.75) is 38.5 Å². The zero-order valence-corrected chi connectivity index (χ0v) is 11.6. The highest BCUT2D eigenvalue weighted by molar-refractivity contribution is 9.10. The first kappa shape index (κ1) is 13.7. The summed E-state index contributed by atoms with van der Waals surface area (Å²) in [4.78, 5) is 12.0. The zero-order chi connectivity index (χ0) is 13.1. The van der Waals surface area contributed by atoms with Crippen LogP contribution in [0.5, 0.6) is 0 Å². The fraction of sp³-hybridized carbons (Fsp3) is 0.500. The number of hydrogen-bond acceptors (Lipinski definition) is 1. The molecule has 0 unspecified atom stereocenters. The number of rotatable bonds is 3. The summed E-state index contributed by atoms with van der Waals surface area (Å²) in [7, 11) is 0. The Morgan fingerprint density at radius 3 is 2.28 bits per heavy atom. The minimum absolute atomic E-state index is 0.259. The number of halogens is 3. The van der Waals surface area contributed by atoms with Gasteiger partial charge in [0.15, 0.2) is 5.78 Å². The third-order valence-electron chi connectivity index (χ3n) is 3.48. The normalized spacial score (nSPS) is 16.8. The Morgan fingerprint density at radius 1 is 1.17 bits per heavy atom. The van der Waals surface area contributed by atoms with Crippen molar-refractivity contribution >= 4 is 21.7 Å². The number of carbonyl (C=O) groups excluding carboxylic acids is 1. The average molecular weight is 317 g/mol. The van der Waals surface area contributed by atoms with E-state index in [4.69, 9.17) is 0 Å². The third-order valence-corrected chi connectivity index (χ3v) is 3.94. The van der Waals surface area contributed by atoms with Gasteiger partial charge in [-0.2, -0.15) is 0 Å². The summed E-state index contributed by atoms with van der Waals surface area (Å²) < 4.78 is 27.6. The van der Waals surface area contributed by atoms with Crippen LogP contribution in [0.4, 0.5) is 8.78 Å². The van der Waals surface area contributed by atoms with Gasteiger partial charge in [0.1, 0.15) is 11.6 Å². The van der Waals surface area contributed by atoms with Crippen LogP contribution in [-0.4, -0.2) is 5.78 Å². The summed E-state index contributed by atoms with van der Waals surface area (Å²) in [5.41, 5.74) is -0.385. The van der Waals surface area contributed by atoms with Crippen LogP contribution < -0.4 is 0 Å². The van der Waals surface area contributed by atoms with Gasteiger partial charge in [0.05, 0.1) is 5.56 Å². The average Bonchev–Trinajstić information content (AvgIpc) is 2.28. The summed E-state index contributed by atoms with van der Waals surface area (Å²) in [6.45, 7) is 0. The summed E-state index contributed by atoms with van der Waals surface area (Å²) >= 11 is 3.00. The third kappa shape index (κ3) is 3.16. The highest BCUT2D eigenvalue weighted by Crippen LogP contribution is 2.29. The smallest absolute Gasteiger partial charge is 0.169 e. The fourth-order valence-corrected chi connectivity index (χ4v) is 2.97. The quantitative estimate of drug-likeness (QED) is 0.726. The van der Waals surface area contributed by atoms with E-state index in [1.807, 2.05) is 0 Å². The molecule has 0 saturated heterocycles. The molecule has 0 atom stereocenters. The molecule has 98 valence electrons. The second-order valence-corrected chi connectivity index (χ2v) is 5.79. The number of benzene rings is 1. The van der Waals surface area contributed by atoms with E-state index in [2.05, 4.69) is 15.9 Å². The van der Waals surface area contributed by atoms with Crippen LogP contribution in [0.1, 0.15) is 48.9 Å². The zero-order valence-electron chi connectivity index (χ0n) is 10.0. The molecular formula is C14H15BrF2O. The van der Waals surface area contributed by atoms with Gasteiger partial charge in [-0.25, -0.2) is 8.78 Å². The summed E-state index contributed by atoms with van der Waals surface area (Å²) in [5, 5.41) is 0. The lowest BCUT2D eigenvalue weighted by Gasteiger charge is -2.20. The number of hydrogen-bond donors (Lipinski definition) is 0. The van der Waals surface area contributed by atoms with Gasteiger partial charge in [-0.15, -0.1) is 0 Å². The van der Waals surface area contributed by atoms with Gasteiger partial charge < -0.3 is 0 Å². The molecule has 1 nitrogen and oxygen atoms in total. The lowest BCUT2D eigenvalue weighted by Crippen LogP contribution is -2.14. The molecule has 2 rings (SSSR count). The van der Waals surface area contributed by atoms with E-state index in [0.29, 0.717) is 4.47 Å². The summed E-state index contributed by atoms with van der Waals surface area (Å²) in [6.07, 6.45) is 5.67. The monoisotopic (exact) mass is 316 g/mol. The van der Waals surface area contributed by atoms with Crippen molar-refractivity contribution in [2.75, 3.05) is 0 Å². The van der Waals surface area contributed by atoms with Crippen LogP contribution >= 0.6 is 15.9 Å². The lowest BCUT2D eigenvalue weighted by atomic mass is 9.84. The maximum Gasteiger partial charge on any atom is 0.169 e. The number of carbonyl (C=O) groups is 1. The predicted molar refractivity (Wildman–Crippen MR) is 69.6 cm³/mol. The van der Waals surface area contributed by atoms with Crippen molar-refractivity contribution in [3.05, 3.63) is 33.8 Å². The first-order valence-electron chi connectivity index (χ1n) is 6.25. The molecule has 1 saturated carbocycles. The van der Waals surface area contributed by atoms with Crippen molar-refractivity contribution in [1.82, 2.24) is 0 Å². The molecule has 1 aliphatic carbocycles. The van der Waals surface area contributed by atoms with Crippen LogP contribution in [0.15, 0.2) is 16.6 Å². The molecule has 0 amide bonds. The van der Waals surface area contributed by atoms with Crippen molar-refractivity contribution in [1.29, 1.82) is 0 Å². The SMILES string of the molecule is O=C(CC1CCCCC1)c1c(F)cc(Br)cc1F. The van der Waals surface area contributed by atoms with E-state index < -0.39 is 17.4 Å². The standard InChI is InChI=1S/C14H15BrF2O/c15-10-7-11(16)14(12(17)8-10)13(18)6-9-4-2-1-3-5-9/h7-9H,1-6H2. The van der Waals surface area contributed by atoms with Crippen LogP contribution in [0, 0.1) is 17.6 Å². The van der Waals surface area contributed by atoms with Crippen LogP contribution in [-0.2, 0) is 0 Å². The minimum Gasteiger partial charge on any atom is -0.294 e. The topological polar surface area (TPSA) is 17.1 Å². The first-order chi connectivity index (χ1) is 8.58. The Hall–Kier alpha value is -0.770. The molecule has 1 aromatic rings. The Kier molecular flexibility index (Phi) is 4.49. The Morgan fingerprint density at radius 2 is 1.72 bits per heavy atom. The molecular weight excluding hydrogens is 302 g/mol. The molecule has 4 heteroatoms. The Bertz CT molecular complexity index is 430. The maximum absolute atomic E-state index is 13.6. The molecule has 0 aliphatic heterocycles. The van der Waals surface area contributed by atoms with Crippen LogP contribution in [0.2, 0.25) is 0 Å². The predicted octanol–water partition coefficient (Wildman–Crippen LogP) is 4.88. The van der Waals surface area contributed by atoms with Crippen molar-refractivity contribution < 1.29 is 13.6 Å². The Labute approximate surface area is 114 Å². The highest BCUT2D eigenvalue weighted by atomic mass is 79.9. The highest BCUT2D eigenvalue weighted by Gasteiger charge is 2.23. The second-order valence-electron chi connectivity index (χ2n) is 4.88. The minimum atomic E-state index is -0.775. The summed E-state index contributed by atoms with van der Waals surface area (Å²) in [5.74, 6) is -1.68. The molecule has 1 aromatic carbocycles. The van der Waals surface area contributed by atoms with Crippen LogP contribution in [0.3, 0.4) is 0 Å². The fourth-order valence-electron chi connectivity index (χ4n) is 2.56.